The second-order valence-electron chi connectivity index (χ2n) is 4.79. The number of morpholine rings is 1. The number of benzene rings is 1. The maximum absolute atomic E-state index is 11.1. The number of nitro benzene ring substituents is 1. The highest BCUT2D eigenvalue weighted by Crippen LogP contribution is 2.30. The van der Waals surface area contributed by atoms with Gasteiger partial charge in [0.1, 0.15) is 5.69 Å². The Kier molecular flexibility index (Phi) is 4.19. The molecule has 0 aromatic heterocycles. The fraction of sp³-hybridized carbons (Fsp3) is 0.462. The Bertz CT molecular complexity index is 531. The van der Waals surface area contributed by atoms with E-state index in [1.165, 1.54) is 6.07 Å². The van der Waals surface area contributed by atoms with Gasteiger partial charge in [-0.1, -0.05) is 6.07 Å². The van der Waals surface area contributed by atoms with Crippen molar-refractivity contribution in [3.8, 4) is 0 Å². The number of carboxylic acid groups (broad SMARTS) is 1. The molecular formula is C13H16N2O5. The zero-order valence-electron chi connectivity index (χ0n) is 11.1. The largest absolute Gasteiger partial charge is 0.481 e. The van der Waals surface area contributed by atoms with Crippen molar-refractivity contribution in [3.63, 3.8) is 0 Å². The predicted octanol–water partition coefficient (Wildman–Crippen LogP) is 1.58. The molecule has 0 amide bonds. The molecule has 1 heterocycles. The van der Waals surface area contributed by atoms with Gasteiger partial charge in [-0.25, -0.2) is 0 Å². The minimum atomic E-state index is -0.935. The van der Waals surface area contributed by atoms with Crippen molar-refractivity contribution in [2.24, 2.45) is 0 Å². The second kappa shape index (κ2) is 5.87. The number of carboxylic acids is 1. The molecule has 1 aromatic carbocycles. The number of hydrogen-bond donors (Lipinski definition) is 1. The summed E-state index contributed by atoms with van der Waals surface area (Å²) >= 11 is 0. The van der Waals surface area contributed by atoms with E-state index in [9.17, 15) is 14.9 Å². The number of nitro groups is 1. The lowest BCUT2D eigenvalue weighted by molar-refractivity contribution is -0.384. The molecular weight excluding hydrogens is 264 g/mol. The van der Waals surface area contributed by atoms with Gasteiger partial charge in [-0.05, 0) is 18.6 Å². The van der Waals surface area contributed by atoms with Gasteiger partial charge in [0.05, 0.1) is 24.1 Å². The van der Waals surface area contributed by atoms with Crippen LogP contribution in [0.3, 0.4) is 0 Å². The monoisotopic (exact) mass is 280 g/mol. The normalized spacial score (nSPS) is 18.9. The molecule has 7 nitrogen and oxygen atoms in total. The molecule has 0 aliphatic carbocycles. The van der Waals surface area contributed by atoms with Crippen LogP contribution in [-0.2, 0) is 9.53 Å². The van der Waals surface area contributed by atoms with E-state index in [1.54, 1.807) is 12.1 Å². The molecule has 1 aliphatic heterocycles. The molecule has 1 aromatic rings. The van der Waals surface area contributed by atoms with Crippen molar-refractivity contribution in [1.29, 1.82) is 0 Å². The van der Waals surface area contributed by atoms with Crippen LogP contribution in [0.1, 0.15) is 12.0 Å². The van der Waals surface area contributed by atoms with E-state index in [2.05, 4.69) is 0 Å². The lowest BCUT2D eigenvalue weighted by Crippen LogP contribution is -2.43. The third-order valence-corrected chi connectivity index (χ3v) is 3.21. The third kappa shape index (κ3) is 3.24. The van der Waals surface area contributed by atoms with Crippen LogP contribution in [0.5, 0.6) is 0 Å². The molecule has 20 heavy (non-hydrogen) atoms. The van der Waals surface area contributed by atoms with Crippen LogP contribution in [-0.4, -0.2) is 41.8 Å². The Hall–Kier alpha value is -2.15. The Morgan fingerprint density at radius 3 is 3.00 bits per heavy atom. The van der Waals surface area contributed by atoms with Crippen LogP contribution in [0, 0.1) is 17.0 Å². The Labute approximate surface area is 115 Å². The summed E-state index contributed by atoms with van der Waals surface area (Å²) in [6, 6.07) is 4.92. The molecule has 1 unspecified atom stereocenters. The van der Waals surface area contributed by atoms with Crippen molar-refractivity contribution in [1.82, 2.24) is 0 Å². The average Bonchev–Trinajstić information content (AvgIpc) is 2.37. The summed E-state index contributed by atoms with van der Waals surface area (Å²) in [5, 5.41) is 19.9. The van der Waals surface area contributed by atoms with E-state index < -0.39 is 17.0 Å². The smallest absolute Gasteiger partial charge is 0.306 e. The van der Waals surface area contributed by atoms with E-state index in [0.717, 1.165) is 5.56 Å². The first-order valence-electron chi connectivity index (χ1n) is 6.31. The molecule has 0 spiro atoms. The van der Waals surface area contributed by atoms with Crippen LogP contribution in [0.15, 0.2) is 18.2 Å². The Morgan fingerprint density at radius 1 is 1.60 bits per heavy atom. The first kappa shape index (κ1) is 14.3. The van der Waals surface area contributed by atoms with Crippen molar-refractivity contribution in [2.75, 3.05) is 24.6 Å². The first-order valence-corrected chi connectivity index (χ1v) is 6.31. The fourth-order valence-corrected chi connectivity index (χ4v) is 2.30. The first-order chi connectivity index (χ1) is 9.47. The quantitative estimate of drug-likeness (QED) is 0.665. The molecule has 2 rings (SSSR count). The van der Waals surface area contributed by atoms with Gasteiger partial charge >= 0.3 is 5.97 Å². The topological polar surface area (TPSA) is 92.9 Å². The molecule has 1 N–H and O–H groups in total. The Balaban J connectivity index is 2.24. The van der Waals surface area contributed by atoms with E-state index in [4.69, 9.17) is 9.84 Å². The van der Waals surface area contributed by atoms with Crippen LogP contribution in [0.2, 0.25) is 0 Å². The van der Waals surface area contributed by atoms with Gasteiger partial charge in [-0.15, -0.1) is 0 Å². The molecule has 0 radical (unpaired) electrons. The van der Waals surface area contributed by atoms with Gasteiger partial charge in [-0.2, -0.15) is 0 Å². The third-order valence-electron chi connectivity index (χ3n) is 3.21. The number of carbonyl (C=O) groups is 1. The number of aryl methyl sites for hydroxylation is 1. The van der Waals surface area contributed by atoms with Gasteiger partial charge < -0.3 is 14.7 Å². The molecule has 1 saturated heterocycles. The van der Waals surface area contributed by atoms with Crippen LogP contribution in [0.4, 0.5) is 11.4 Å². The number of anilines is 1. The lowest BCUT2D eigenvalue weighted by atomic mass is 10.1. The van der Waals surface area contributed by atoms with E-state index in [-0.39, 0.29) is 12.1 Å². The van der Waals surface area contributed by atoms with Crippen molar-refractivity contribution in [3.05, 3.63) is 33.9 Å². The summed E-state index contributed by atoms with van der Waals surface area (Å²) in [6.07, 6.45) is -0.544. The predicted molar refractivity (Wildman–Crippen MR) is 72.0 cm³/mol. The lowest BCUT2D eigenvalue weighted by Gasteiger charge is -2.33. The number of nitrogens with zero attached hydrogens (tertiary/aromatic N) is 2. The van der Waals surface area contributed by atoms with E-state index in [1.807, 2.05) is 11.8 Å². The van der Waals surface area contributed by atoms with Gasteiger partial charge in [0, 0.05) is 19.2 Å². The molecule has 1 atom stereocenters. The number of rotatable bonds is 4. The minimum absolute atomic E-state index is 0.0339. The van der Waals surface area contributed by atoms with Crippen molar-refractivity contribution < 1.29 is 19.6 Å². The number of ether oxygens (including phenoxy) is 1. The van der Waals surface area contributed by atoms with Crippen molar-refractivity contribution in [2.45, 2.75) is 19.4 Å². The standard InChI is InChI=1S/C13H16N2O5/c1-9-2-3-11(15(18)19)12(6-9)14-4-5-20-10(8-14)7-13(16)17/h2-3,6,10H,4-5,7-8H2,1H3,(H,16,17). The highest BCUT2D eigenvalue weighted by atomic mass is 16.6. The fourth-order valence-electron chi connectivity index (χ4n) is 2.30. The highest BCUT2D eigenvalue weighted by molar-refractivity contribution is 5.68. The van der Waals surface area contributed by atoms with E-state index >= 15 is 0 Å². The summed E-state index contributed by atoms with van der Waals surface area (Å²) in [5.41, 5.74) is 1.48. The highest BCUT2D eigenvalue weighted by Gasteiger charge is 2.27. The number of hydrogen-bond acceptors (Lipinski definition) is 5. The van der Waals surface area contributed by atoms with Crippen LogP contribution >= 0.6 is 0 Å². The maximum atomic E-state index is 11.1. The molecule has 7 heteroatoms. The minimum Gasteiger partial charge on any atom is -0.481 e. The molecule has 108 valence electrons. The Morgan fingerprint density at radius 2 is 2.35 bits per heavy atom. The maximum Gasteiger partial charge on any atom is 0.306 e. The van der Waals surface area contributed by atoms with Gasteiger partial charge in [0.25, 0.3) is 5.69 Å². The zero-order valence-corrected chi connectivity index (χ0v) is 11.1. The average molecular weight is 280 g/mol. The molecule has 1 aliphatic rings. The van der Waals surface area contributed by atoms with Gasteiger partial charge in [-0.3, -0.25) is 14.9 Å². The summed E-state index contributed by atoms with van der Waals surface area (Å²) < 4.78 is 5.38. The van der Waals surface area contributed by atoms with Gasteiger partial charge in [0.2, 0.25) is 0 Å². The summed E-state index contributed by atoms with van der Waals surface area (Å²) in [7, 11) is 0. The number of aliphatic carboxylic acids is 1. The zero-order chi connectivity index (χ0) is 14.7. The van der Waals surface area contributed by atoms with Crippen LogP contribution < -0.4 is 4.90 Å². The SMILES string of the molecule is Cc1ccc([N+](=O)[O-])c(N2CCOC(CC(=O)O)C2)c1. The van der Waals surface area contributed by atoms with E-state index in [0.29, 0.717) is 25.4 Å². The summed E-state index contributed by atoms with van der Waals surface area (Å²) in [6.45, 7) is 3.09. The van der Waals surface area contributed by atoms with Crippen LogP contribution in [0.25, 0.3) is 0 Å². The van der Waals surface area contributed by atoms with Crippen molar-refractivity contribution >= 4 is 17.3 Å². The molecule has 0 bridgehead atoms. The second-order valence-corrected chi connectivity index (χ2v) is 4.79. The van der Waals surface area contributed by atoms with Gasteiger partial charge in [0.15, 0.2) is 0 Å². The summed E-state index contributed by atoms with van der Waals surface area (Å²) in [4.78, 5) is 23.2. The summed E-state index contributed by atoms with van der Waals surface area (Å²) in [5.74, 6) is -0.935. The molecule has 0 saturated carbocycles. The molecule has 1 fully saturated rings.